The number of morpholine rings is 1. The Balaban J connectivity index is 1.56. The maximum Gasteiger partial charge on any atom is 0.0794 e. The minimum absolute atomic E-state index is 0.552. The van der Waals surface area contributed by atoms with Crippen LogP contribution in [0.1, 0.15) is 19.4 Å². The van der Waals surface area contributed by atoms with Crippen LogP contribution < -0.4 is 5.32 Å². The molecule has 1 atom stereocenters. The Morgan fingerprint density at radius 1 is 1.39 bits per heavy atom. The lowest BCUT2D eigenvalue weighted by atomic mass is 10.0. The highest BCUT2D eigenvalue weighted by Gasteiger charge is 2.23. The summed E-state index contributed by atoms with van der Waals surface area (Å²) in [4.78, 5) is 3.80. The highest BCUT2D eigenvalue weighted by Crippen LogP contribution is 2.25. The van der Waals surface area contributed by atoms with E-state index in [1.165, 1.54) is 10.4 Å². The van der Waals surface area contributed by atoms with E-state index < -0.39 is 0 Å². The predicted molar refractivity (Wildman–Crippen MR) is 94.6 cm³/mol. The first-order valence-electron chi connectivity index (χ1n) is 8.34. The summed E-state index contributed by atoms with van der Waals surface area (Å²) in [7, 11) is 0. The van der Waals surface area contributed by atoms with Gasteiger partial charge in [0.15, 0.2) is 0 Å². The summed E-state index contributed by atoms with van der Waals surface area (Å²) < 4.78 is 5.48. The zero-order chi connectivity index (χ0) is 16.1. The van der Waals surface area contributed by atoms with Crippen molar-refractivity contribution in [3.05, 3.63) is 29.3 Å². The van der Waals surface area contributed by atoms with Gasteiger partial charge in [-0.3, -0.25) is 10.00 Å². The Labute approximate surface area is 142 Å². The summed E-state index contributed by atoms with van der Waals surface area (Å²) in [5.74, 6) is 0.627. The quantitative estimate of drug-likeness (QED) is 0.817. The molecule has 0 aromatic carbocycles. The van der Waals surface area contributed by atoms with E-state index >= 15 is 0 Å². The van der Waals surface area contributed by atoms with Crippen LogP contribution in [0.2, 0.25) is 0 Å². The molecular formula is C17H26N4OS. The third-order valence-corrected chi connectivity index (χ3v) is 5.33. The molecule has 23 heavy (non-hydrogen) atoms. The normalized spacial score (nSPS) is 17.7. The third kappa shape index (κ3) is 4.20. The molecule has 2 aromatic heterocycles. The van der Waals surface area contributed by atoms with Crippen LogP contribution in [0, 0.1) is 5.92 Å². The van der Waals surface area contributed by atoms with Gasteiger partial charge in [0.1, 0.15) is 0 Å². The van der Waals surface area contributed by atoms with Crippen molar-refractivity contribution >= 4 is 11.3 Å². The summed E-state index contributed by atoms with van der Waals surface area (Å²) in [6.07, 6.45) is 1.93. The molecule has 0 bridgehead atoms. The van der Waals surface area contributed by atoms with Gasteiger partial charge < -0.3 is 10.1 Å². The second-order valence-electron chi connectivity index (χ2n) is 6.34. The summed E-state index contributed by atoms with van der Waals surface area (Å²) >= 11 is 1.74. The second-order valence-corrected chi connectivity index (χ2v) is 7.29. The molecule has 0 saturated carbocycles. The summed E-state index contributed by atoms with van der Waals surface area (Å²) in [6, 6.07) is 4.76. The lowest BCUT2D eigenvalue weighted by Gasteiger charge is -2.37. The zero-order valence-electron chi connectivity index (χ0n) is 13.9. The minimum Gasteiger partial charge on any atom is -0.379 e. The van der Waals surface area contributed by atoms with Gasteiger partial charge in [0.05, 0.1) is 30.0 Å². The van der Waals surface area contributed by atoms with Crippen molar-refractivity contribution in [3.8, 4) is 10.6 Å². The van der Waals surface area contributed by atoms with Gasteiger partial charge in [-0.25, -0.2) is 0 Å². The summed E-state index contributed by atoms with van der Waals surface area (Å²) in [6.45, 7) is 10.2. The number of nitrogens with one attached hydrogen (secondary N) is 2. The minimum atomic E-state index is 0.552. The molecule has 1 saturated heterocycles. The van der Waals surface area contributed by atoms with Crippen LogP contribution in [-0.4, -0.2) is 54.0 Å². The average Bonchev–Trinajstić information content (AvgIpc) is 3.23. The number of aromatic nitrogens is 2. The predicted octanol–water partition coefficient (Wildman–Crippen LogP) is 2.58. The maximum atomic E-state index is 5.48. The van der Waals surface area contributed by atoms with Crippen molar-refractivity contribution in [3.63, 3.8) is 0 Å². The fraction of sp³-hybridized carbons (Fsp3) is 0.588. The zero-order valence-corrected chi connectivity index (χ0v) is 14.7. The fourth-order valence-corrected chi connectivity index (χ4v) is 3.89. The maximum absolute atomic E-state index is 5.48. The van der Waals surface area contributed by atoms with Gasteiger partial charge in [0.25, 0.3) is 0 Å². The lowest BCUT2D eigenvalue weighted by molar-refractivity contribution is 0.00648. The molecule has 126 valence electrons. The molecule has 0 amide bonds. The highest BCUT2D eigenvalue weighted by atomic mass is 32.1. The van der Waals surface area contributed by atoms with E-state index in [9.17, 15) is 0 Å². The van der Waals surface area contributed by atoms with Gasteiger partial charge in [0, 0.05) is 37.8 Å². The van der Waals surface area contributed by atoms with Gasteiger partial charge in [-0.2, -0.15) is 5.10 Å². The lowest BCUT2D eigenvalue weighted by Crippen LogP contribution is -2.50. The monoisotopic (exact) mass is 334 g/mol. The molecular weight excluding hydrogens is 308 g/mol. The van der Waals surface area contributed by atoms with Crippen LogP contribution in [0.15, 0.2) is 23.7 Å². The van der Waals surface area contributed by atoms with Crippen molar-refractivity contribution in [2.75, 3.05) is 32.8 Å². The van der Waals surface area contributed by atoms with Crippen LogP contribution in [0.4, 0.5) is 0 Å². The highest BCUT2D eigenvalue weighted by molar-refractivity contribution is 7.13. The second kappa shape index (κ2) is 8.06. The standard InChI is InChI=1S/C17H26N4OS/c1-13(2)15(21-5-7-22-8-6-21)12-18-10-14-11-19-20-17(14)16-4-3-9-23-16/h3-4,9,11,13,15,18H,5-8,10,12H2,1-2H3,(H,19,20). The third-order valence-electron chi connectivity index (χ3n) is 4.44. The Kier molecular flexibility index (Phi) is 5.83. The Hall–Kier alpha value is -1.21. The summed E-state index contributed by atoms with van der Waals surface area (Å²) in [5.41, 5.74) is 2.37. The molecule has 1 aliphatic heterocycles. The van der Waals surface area contributed by atoms with Crippen LogP contribution >= 0.6 is 11.3 Å². The summed E-state index contributed by atoms with van der Waals surface area (Å²) in [5, 5.41) is 13.1. The van der Waals surface area contributed by atoms with E-state index in [0.29, 0.717) is 12.0 Å². The molecule has 3 rings (SSSR count). The Morgan fingerprint density at radius 2 is 2.22 bits per heavy atom. The molecule has 6 heteroatoms. The Morgan fingerprint density at radius 3 is 2.91 bits per heavy atom. The van der Waals surface area contributed by atoms with Crippen LogP contribution in [0.25, 0.3) is 10.6 Å². The molecule has 0 aliphatic carbocycles. The average molecular weight is 334 g/mol. The van der Waals surface area contributed by atoms with Crippen LogP contribution in [-0.2, 0) is 11.3 Å². The molecule has 1 fully saturated rings. The first-order chi connectivity index (χ1) is 11.3. The SMILES string of the molecule is CC(C)C(CNCc1cn[nH]c1-c1cccs1)N1CCOCC1. The first kappa shape index (κ1) is 16.6. The number of nitrogens with zero attached hydrogens (tertiary/aromatic N) is 2. The van der Waals surface area contributed by atoms with Crippen molar-refractivity contribution in [1.29, 1.82) is 0 Å². The van der Waals surface area contributed by atoms with Crippen molar-refractivity contribution in [2.45, 2.75) is 26.4 Å². The molecule has 5 nitrogen and oxygen atoms in total. The van der Waals surface area contributed by atoms with E-state index in [2.05, 4.69) is 51.8 Å². The number of H-pyrrole nitrogens is 1. The van der Waals surface area contributed by atoms with E-state index in [4.69, 9.17) is 4.74 Å². The van der Waals surface area contributed by atoms with Crippen LogP contribution in [0.5, 0.6) is 0 Å². The Bertz CT molecular complexity index is 575. The topological polar surface area (TPSA) is 53.2 Å². The first-order valence-corrected chi connectivity index (χ1v) is 9.22. The molecule has 0 spiro atoms. The van der Waals surface area contributed by atoms with Gasteiger partial charge in [-0.15, -0.1) is 11.3 Å². The molecule has 3 heterocycles. The number of aromatic amines is 1. The van der Waals surface area contributed by atoms with E-state index in [-0.39, 0.29) is 0 Å². The number of thiophene rings is 1. The van der Waals surface area contributed by atoms with Gasteiger partial charge in [-0.1, -0.05) is 19.9 Å². The van der Waals surface area contributed by atoms with E-state index in [1.807, 2.05) is 6.20 Å². The van der Waals surface area contributed by atoms with Gasteiger partial charge >= 0.3 is 0 Å². The molecule has 0 radical (unpaired) electrons. The van der Waals surface area contributed by atoms with Crippen LogP contribution in [0.3, 0.4) is 0 Å². The van der Waals surface area contributed by atoms with Gasteiger partial charge in [-0.05, 0) is 17.4 Å². The van der Waals surface area contributed by atoms with Gasteiger partial charge in [0.2, 0.25) is 0 Å². The van der Waals surface area contributed by atoms with E-state index in [1.54, 1.807) is 11.3 Å². The molecule has 1 aliphatic rings. The molecule has 2 aromatic rings. The van der Waals surface area contributed by atoms with Crippen molar-refractivity contribution in [1.82, 2.24) is 20.4 Å². The number of hydrogen-bond donors (Lipinski definition) is 2. The van der Waals surface area contributed by atoms with Crippen molar-refractivity contribution in [2.24, 2.45) is 5.92 Å². The molecule has 2 N–H and O–H groups in total. The van der Waals surface area contributed by atoms with E-state index in [0.717, 1.165) is 45.1 Å². The largest absolute Gasteiger partial charge is 0.379 e. The van der Waals surface area contributed by atoms with Crippen molar-refractivity contribution < 1.29 is 4.74 Å². The number of hydrogen-bond acceptors (Lipinski definition) is 5. The fourth-order valence-electron chi connectivity index (χ4n) is 3.13. The number of ether oxygens (including phenoxy) is 1. The number of rotatable bonds is 7. The smallest absolute Gasteiger partial charge is 0.0794 e. The molecule has 1 unspecified atom stereocenters.